The molecular weight excluding hydrogens is 228 g/mol. The maximum Gasteiger partial charge on any atom is 0.0672 e. The van der Waals surface area contributed by atoms with Crippen molar-refractivity contribution in [2.75, 3.05) is 25.6 Å². The smallest absolute Gasteiger partial charge is 0.0672 e. The Hall–Kier alpha value is -0.200. The number of hydrogen-bond acceptors (Lipinski definition) is 3. The van der Waals surface area contributed by atoms with Crippen molar-refractivity contribution < 1.29 is 0 Å². The van der Waals surface area contributed by atoms with Gasteiger partial charge in [-0.25, -0.2) is 0 Å². The minimum Gasteiger partial charge on any atom is -0.301 e. The summed E-state index contributed by atoms with van der Waals surface area (Å²) in [6.07, 6.45) is 8.37. The summed E-state index contributed by atoms with van der Waals surface area (Å²) in [5.74, 6) is 2.28. The largest absolute Gasteiger partial charge is 0.301 e. The second-order valence-electron chi connectivity index (χ2n) is 5.24. The molecule has 0 spiro atoms. The third-order valence-electron chi connectivity index (χ3n) is 4.00. The Balaban J connectivity index is 2.53. The van der Waals surface area contributed by atoms with E-state index in [2.05, 4.69) is 31.2 Å². The lowest BCUT2D eigenvalue weighted by Gasteiger charge is -2.38. The van der Waals surface area contributed by atoms with Crippen LogP contribution in [0.25, 0.3) is 0 Å². The molecule has 17 heavy (non-hydrogen) atoms. The molecule has 0 aromatic carbocycles. The molecule has 0 amide bonds. The lowest BCUT2D eigenvalue weighted by Crippen LogP contribution is -2.42. The first-order valence-electron chi connectivity index (χ1n) is 6.81. The average molecular weight is 254 g/mol. The van der Waals surface area contributed by atoms with Gasteiger partial charge in [0.1, 0.15) is 0 Å². The molecular formula is C14H26N2S. The molecule has 2 nitrogen and oxygen atoms in total. The quantitative estimate of drug-likeness (QED) is 0.727. The first-order chi connectivity index (χ1) is 8.22. The second kappa shape index (κ2) is 8.00. The third kappa shape index (κ3) is 4.52. The van der Waals surface area contributed by atoms with Crippen molar-refractivity contribution in [3.05, 3.63) is 0 Å². The van der Waals surface area contributed by atoms with Crippen molar-refractivity contribution in [3.8, 4) is 6.07 Å². The van der Waals surface area contributed by atoms with Gasteiger partial charge in [0.2, 0.25) is 0 Å². The molecule has 0 heterocycles. The van der Waals surface area contributed by atoms with Crippen molar-refractivity contribution in [1.82, 2.24) is 4.90 Å². The molecule has 0 bridgehead atoms. The van der Waals surface area contributed by atoms with Gasteiger partial charge in [-0.15, -0.1) is 0 Å². The van der Waals surface area contributed by atoms with Crippen LogP contribution in [0.15, 0.2) is 0 Å². The van der Waals surface area contributed by atoms with Gasteiger partial charge in [0, 0.05) is 18.3 Å². The molecule has 3 atom stereocenters. The van der Waals surface area contributed by atoms with Crippen molar-refractivity contribution in [1.29, 1.82) is 5.26 Å². The topological polar surface area (TPSA) is 27.0 Å². The predicted molar refractivity (Wildman–Crippen MR) is 76.2 cm³/mol. The van der Waals surface area contributed by atoms with Crippen LogP contribution < -0.4 is 0 Å². The highest BCUT2D eigenvalue weighted by molar-refractivity contribution is 7.98. The zero-order valence-corrected chi connectivity index (χ0v) is 12.3. The highest BCUT2D eigenvalue weighted by Crippen LogP contribution is 2.34. The summed E-state index contributed by atoms with van der Waals surface area (Å²) in [7, 11) is 2.19. The van der Waals surface area contributed by atoms with Crippen LogP contribution in [0.2, 0.25) is 0 Å². The van der Waals surface area contributed by atoms with E-state index in [-0.39, 0.29) is 5.92 Å². The molecule has 1 fully saturated rings. The zero-order chi connectivity index (χ0) is 12.7. The van der Waals surface area contributed by atoms with Crippen molar-refractivity contribution in [3.63, 3.8) is 0 Å². The molecule has 0 saturated heterocycles. The number of thioether (sulfide) groups is 1. The molecule has 0 radical (unpaired) electrons. The standard InChI is InChI=1S/C14H26N2S/c1-4-5-12-6-7-13(11-15)14(10-12)16(2)8-9-17-3/h12-14H,4-10H2,1-3H3. The summed E-state index contributed by atoms with van der Waals surface area (Å²) in [4.78, 5) is 2.42. The first-order valence-corrected chi connectivity index (χ1v) is 8.21. The molecule has 3 heteroatoms. The molecule has 0 N–H and O–H groups in total. The van der Waals surface area contributed by atoms with Crippen LogP contribution in [-0.2, 0) is 0 Å². The van der Waals surface area contributed by atoms with E-state index in [1.54, 1.807) is 0 Å². The van der Waals surface area contributed by atoms with Gasteiger partial charge in [0.25, 0.3) is 0 Å². The molecule has 1 saturated carbocycles. The Morgan fingerprint density at radius 2 is 2.18 bits per heavy atom. The molecule has 0 aromatic heterocycles. The van der Waals surface area contributed by atoms with E-state index in [1.807, 2.05) is 11.8 Å². The summed E-state index contributed by atoms with van der Waals surface area (Å²) >= 11 is 1.89. The number of nitriles is 1. The van der Waals surface area contributed by atoms with Gasteiger partial charge in [-0.2, -0.15) is 17.0 Å². The zero-order valence-electron chi connectivity index (χ0n) is 11.5. The normalized spacial score (nSPS) is 29.2. The summed E-state index contributed by atoms with van der Waals surface area (Å²) in [6, 6.07) is 3.02. The first kappa shape index (κ1) is 14.9. The van der Waals surface area contributed by atoms with Crippen LogP contribution in [0.1, 0.15) is 39.0 Å². The SMILES string of the molecule is CCCC1CCC(C#N)C(N(C)CCSC)C1. The fraction of sp³-hybridized carbons (Fsp3) is 0.929. The van der Waals surface area contributed by atoms with E-state index in [0.29, 0.717) is 6.04 Å². The van der Waals surface area contributed by atoms with Gasteiger partial charge in [0.15, 0.2) is 0 Å². The van der Waals surface area contributed by atoms with E-state index < -0.39 is 0 Å². The number of hydrogen-bond donors (Lipinski definition) is 0. The van der Waals surface area contributed by atoms with E-state index in [4.69, 9.17) is 0 Å². The Morgan fingerprint density at radius 1 is 1.41 bits per heavy atom. The summed E-state index contributed by atoms with van der Waals surface area (Å²) < 4.78 is 0. The molecule has 98 valence electrons. The predicted octanol–water partition coefficient (Wildman–Crippen LogP) is 3.39. The molecule has 3 unspecified atom stereocenters. The van der Waals surface area contributed by atoms with Crippen LogP contribution in [0, 0.1) is 23.2 Å². The monoisotopic (exact) mass is 254 g/mol. The minimum absolute atomic E-state index is 0.259. The summed E-state index contributed by atoms with van der Waals surface area (Å²) in [6.45, 7) is 3.38. The lowest BCUT2D eigenvalue weighted by atomic mass is 9.76. The van der Waals surface area contributed by atoms with E-state index in [0.717, 1.165) is 18.9 Å². The Morgan fingerprint density at radius 3 is 2.76 bits per heavy atom. The molecule has 0 aromatic rings. The van der Waals surface area contributed by atoms with Crippen LogP contribution >= 0.6 is 11.8 Å². The van der Waals surface area contributed by atoms with Gasteiger partial charge in [-0.05, 0) is 38.5 Å². The molecule has 1 aliphatic carbocycles. The summed E-state index contributed by atoms with van der Waals surface area (Å²) in [5, 5.41) is 9.27. The third-order valence-corrected chi connectivity index (χ3v) is 4.59. The Kier molecular flexibility index (Phi) is 6.99. The van der Waals surface area contributed by atoms with E-state index in [9.17, 15) is 5.26 Å². The van der Waals surface area contributed by atoms with Crippen LogP contribution in [0.4, 0.5) is 0 Å². The van der Waals surface area contributed by atoms with E-state index >= 15 is 0 Å². The van der Waals surface area contributed by atoms with Gasteiger partial charge >= 0.3 is 0 Å². The highest BCUT2D eigenvalue weighted by atomic mass is 32.2. The fourth-order valence-corrected chi connectivity index (χ4v) is 3.41. The molecule has 1 rings (SSSR count). The van der Waals surface area contributed by atoms with Crippen LogP contribution in [-0.4, -0.2) is 36.5 Å². The Labute approximate surface area is 111 Å². The van der Waals surface area contributed by atoms with Gasteiger partial charge in [0.05, 0.1) is 12.0 Å². The van der Waals surface area contributed by atoms with Crippen molar-refractivity contribution >= 4 is 11.8 Å². The average Bonchev–Trinajstić information content (AvgIpc) is 2.36. The van der Waals surface area contributed by atoms with Crippen molar-refractivity contribution in [2.45, 2.75) is 45.1 Å². The molecule has 0 aliphatic heterocycles. The summed E-state index contributed by atoms with van der Waals surface area (Å²) in [5.41, 5.74) is 0. The van der Waals surface area contributed by atoms with Crippen LogP contribution in [0.3, 0.4) is 0 Å². The van der Waals surface area contributed by atoms with E-state index in [1.165, 1.54) is 31.4 Å². The number of nitrogens with zero attached hydrogens (tertiary/aromatic N) is 2. The minimum atomic E-state index is 0.259. The fourth-order valence-electron chi connectivity index (χ4n) is 2.94. The molecule has 1 aliphatic rings. The second-order valence-corrected chi connectivity index (χ2v) is 6.23. The maximum atomic E-state index is 9.27. The lowest BCUT2D eigenvalue weighted by molar-refractivity contribution is 0.127. The van der Waals surface area contributed by atoms with Gasteiger partial charge < -0.3 is 4.90 Å². The van der Waals surface area contributed by atoms with Crippen molar-refractivity contribution in [2.24, 2.45) is 11.8 Å². The highest BCUT2D eigenvalue weighted by Gasteiger charge is 2.32. The number of rotatable bonds is 6. The van der Waals surface area contributed by atoms with Crippen LogP contribution in [0.5, 0.6) is 0 Å². The van der Waals surface area contributed by atoms with Gasteiger partial charge in [-0.3, -0.25) is 0 Å². The maximum absolute atomic E-state index is 9.27. The Bertz CT molecular complexity index is 249. The van der Waals surface area contributed by atoms with Gasteiger partial charge in [-0.1, -0.05) is 19.8 Å².